The fourth-order valence-corrected chi connectivity index (χ4v) is 3.98. The molecule has 0 bridgehead atoms. The van der Waals surface area contributed by atoms with Crippen LogP contribution in [0.1, 0.15) is 46.5 Å². The Balaban J connectivity index is 1.64. The summed E-state index contributed by atoms with van der Waals surface area (Å²) < 4.78 is 20.0. The number of ether oxygens (including phenoxy) is 1. The summed E-state index contributed by atoms with van der Waals surface area (Å²) in [6.07, 6.45) is 1.97. The van der Waals surface area contributed by atoms with E-state index in [9.17, 15) is 14.0 Å². The minimum atomic E-state index is -0.547. The van der Waals surface area contributed by atoms with Gasteiger partial charge in [0.2, 0.25) is 0 Å². The Bertz CT molecular complexity index is 1360. The number of rotatable bonds is 8. The van der Waals surface area contributed by atoms with Crippen LogP contribution in [0.4, 0.5) is 4.39 Å². The third-order valence-corrected chi connectivity index (χ3v) is 5.76. The van der Waals surface area contributed by atoms with Crippen molar-refractivity contribution >= 4 is 22.6 Å². The average Bonchev–Trinajstić information content (AvgIpc) is 3.34. The molecule has 0 fully saturated rings. The molecule has 0 unspecified atom stereocenters. The molecule has 3 aromatic carbocycles. The predicted octanol–water partition coefficient (Wildman–Crippen LogP) is 5.63. The van der Waals surface area contributed by atoms with Crippen molar-refractivity contribution in [2.24, 2.45) is 0 Å². The number of benzene rings is 3. The van der Waals surface area contributed by atoms with Gasteiger partial charge in [-0.15, -0.1) is 0 Å². The van der Waals surface area contributed by atoms with Crippen molar-refractivity contribution in [3.63, 3.8) is 0 Å². The molecule has 1 heterocycles. The number of nitrogens with zero attached hydrogens (tertiary/aromatic N) is 2. The van der Waals surface area contributed by atoms with Gasteiger partial charge in [0.1, 0.15) is 11.6 Å². The molecule has 0 atom stereocenters. The molecule has 6 nitrogen and oxygen atoms in total. The van der Waals surface area contributed by atoms with Gasteiger partial charge in [-0.3, -0.25) is 14.7 Å². The van der Waals surface area contributed by atoms with Crippen molar-refractivity contribution in [1.82, 2.24) is 15.1 Å². The van der Waals surface area contributed by atoms with Crippen molar-refractivity contribution < 1.29 is 18.7 Å². The second-order valence-electron chi connectivity index (χ2n) is 8.02. The van der Waals surface area contributed by atoms with Crippen LogP contribution in [0.5, 0.6) is 5.75 Å². The summed E-state index contributed by atoms with van der Waals surface area (Å²) in [7, 11) is 1.75. The molecule has 34 heavy (non-hydrogen) atoms. The Morgan fingerprint density at radius 1 is 1.09 bits per heavy atom. The van der Waals surface area contributed by atoms with E-state index in [2.05, 4.69) is 10.2 Å². The standard InChI is InChI=1S/C27H26FN3O3/c1-4-25(32)21-13-17(10-12-23(21)28)20-11-9-18(14-26(20)34-5-2)27(33)31(3)16-19-7-6-8-24-22(19)15-29-30-24/h6-15H,4-5,16H2,1-3H3,(H,29,30). The maximum atomic E-state index is 14.2. The number of carbonyl (C=O) groups is 2. The van der Waals surface area contributed by atoms with E-state index in [-0.39, 0.29) is 23.7 Å². The zero-order chi connectivity index (χ0) is 24.2. The lowest BCUT2D eigenvalue weighted by Gasteiger charge is -2.19. The smallest absolute Gasteiger partial charge is 0.254 e. The fourth-order valence-electron chi connectivity index (χ4n) is 3.98. The van der Waals surface area contributed by atoms with Gasteiger partial charge in [0.25, 0.3) is 5.91 Å². The number of aromatic amines is 1. The molecular formula is C27H26FN3O3. The lowest BCUT2D eigenvalue weighted by molar-refractivity contribution is 0.0785. The SMILES string of the molecule is CCOc1cc(C(=O)N(C)Cc2cccc3[nH]ncc23)ccc1-c1ccc(F)c(C(=O)CC)c1. The van der Waals surface area contributed by atoms with E-state index in [0.29, 0.717) is 35.6 Å². The van der Waals surface area contributed by atoms with Crippen LogP contribution in [0.3, 0.4) is 0 Å². The van der Waals surface area contributed by atoms with Crippen molar-refractivity contribution in [1.29, 1.82) is 0 Å². The quantitative estimate of drug-likeness (QED) is 0.347. The molecule has 0 aliphatic rings. The summed E-state index contributed by atoms with van der Waals surface area (Å²) in [4.78, 5) is 27.0. The van der Waals surface area contributed by atoms with Crippen LogP contribution in [0.25, 0.3) is 22.0 Å². The molecular weight excluding hydrogens is 433 g/mol. The number of hydrogen-bond acceptors (Lipinski definition) is 4. The molecule has 0 spiro atoms. The Hall–Kier alpha value is -4.00. The van der Waals surface area contributed by atoms with Gasteiger partial charge in [-0.1, -0.05) is 25.1 Å². The van der Waals surface area contributed by atoms with Crippen LogP contribution in [-0.4, -0.2) is 40.4 Å². The highest BCUT2D eigenvalue weighted by Gasteiger charge is 2.18. The predicted molar refractivity (Wildman–Crippen MR) is 130 cm³/mol. The fraction of sp³-hybridized carbons (Fsp3) is 0.222. The monoisotopic (exact) mass is 459 g/mol. The van der Waals surface area contributed by atoms with Crippen LogP contribution >= 0.6 is 0 Å². The first-order valence-electron chi connectivity index (χ1n) is 11.2. The number of halogens is 1. The second-order valence-corrected chi connectivity index (χ2v) is 8.02. The van der Waals surface area contributed by atoms with Crippen molar-refractivity contribution in [2.75, 3.05) is 13.7 Å². The molecule has 4 aromatic rings. The molecule has 174 valence electrons. The van der Waals surface area contributed by atoms with Gasteiger partial charge < -0.3 is 9.64 Å². The minimum absolute atomic E-state index is 0.0516. The maximum absolute atomic E-state index is 14.2. The molecule has 1 amide bonds. The Morgan fingerprint density at radius 2 is 1.91 bits per heavy atom. The van der Waals surface area contributed by atoms with Gasteiger partial charge in [0.15, 0.2) is 5.78 Å². The molecule has 1 aromatic heterocycles. The highest BCUT2D eigenvalue weighted by Crippen LogP contribution is 2.33. The third-order valence-electron chi connectivity index (χ3n) is 5.76. The van der Waals surface area contributed by atoms with Gasteiger partial charge in [-0.25, -0.2) is 4.39 Å². The molecule has 0 aliphatic carbocycles. The Labute approximate surface area is 197 Å². The number of Topliss-reactive ketones (excluding diaryl/α,β-unsaturated/α-hetero) is 1. The van der Waals surface area contributed by atoms with Crippen LogP contribution < -0.4 is 4.74 Å². The van der Waals surface area contributed by atoms with E-state index in [0.717, 1.165) is 16.5 Å². The zero-order valence-corrected chi connectivity index (χ0v) is 19.4. The summed E-state index contributed by atoms with van der Waals surface area (Å²) in [5, 5.41) is 8.00. The van der Waals surface area contributed by atoms with E-state index in [4.69, 9.17) is 4.74 Å². The largest absolute Gasteiger partial charge is 0.493 e. The average molecular weight is 460 g/mol. The highest BCUT2D eigenvalue weighted by molar-refractivity contribution is 5.98. The maximum Gasteiger partial charge on any atom is 0.254 e. The normalized spacial score (nSPS) is 10.9. The minimum Gasteiger partial charge on any atom is -0.493 e. The molecule has 4 rings (SSSR count). The summed E-state index contributed by atoms with van der Waals surface area (Å²) >= 11 is 0. The van der Waals surface area contributed by atoms with Gasteiger partial charge in [0.05, 0.1) is 23.9 Å². The molecule has 1 N–H and O–H groups in total. The number of carbonyl (C=O) groups excluding carboxylic acids is 2. The van der Waals surface area contributed by atoms with Gasteiger partial charge in [-0.05, 0) is 54.4 Å². The van der Waals surface area contributed by atoms with Gasteiger partial charge in [-0.2, -0.15) is 5.10 Å². The molecule has 0 saturated heterocycles. The number of nitrogens with one attached hydrogen (secondary N) is 1. The van der Waals surface area contributed by atoms with Crippen LogP contribution in [0, 0.1) is 5.82 Å². The molecule has 0 radical (unpaired) electrons. The summed E-state index contributed by atoms with van der Waals surface area (Å²) in [6, 6.07) is 15.5. The van der Waals surface area contributed by atoms with Crippen molar-refractivity contribution in [2.45, 2.75) is 26.8 Å². The molecule has 0 saturated carbocycles. The Morgan fingerprint density at radius 3 is 2.68 bits per heavy atom. The lowest BCUT2D eigenvalue weighted by atomic mass is 9.98. The van der Waals surface area contributed by atoms with Crippen LogP contribution in [0.2, 0.25) is 0 Å². The van der Waals surface area contributed by atoms with E-state index in [1.807, 2.05) is 25.1 Å². The first-order valence-corrected chi connectivity index (χ1v) is 11.2. The first-order chi connectivity index (χ1) is 16.4. The van der Waals surface area contributed by atoms with Gasteiger partial charge in [0, 0.05) is 36.5 Å². The number of amides is 1. The number of ketones is 1. The molecule has 7 heteroatoms. The summed E-state index contributed by atoms with van der Waals surface area (Å²) in [6.45, 7) is 4.36. The van der Waals surface area contributed by atoms with Crippen molar-refractivity contribution in [3.8, 4) is 16.9 Å². The first kappa shape index (κ1) is 23.2. The third kappa shape index (κ3) is 4.55. The second kappa shape index (κ2) is 9.87. The zero-order valence-electron chi connectivity index (χ0n) is 19.4. The van der Waals surface area contributed by atoms with E-state index in [1.165, 1.54) is 12.1 Å². The molecule has 0 aliphatic heterocycles. The number of fused-ring (bicyclic) bond motifs is 1. The van der Waals surface area contributed by atoms with Crippen LogP contribution in [-0.2, 0) is 6.54 Å². The summed E-state index contributed by atoms with van der Waals surface area (Å²) in [5.41, 5.74) is 3.77. The topological polar surface area (TPSA) is 75.3 Å². The Kier molecular flexibility index (Phi) is 6.72. The number of hydrogen-bond donors (Lipinski definition) is 1. The van der Waals surface area contributed by atoms with E-state index < -0.39 is 5.82 Å². The van der Waals surface area contributed by atoms with E-state index >= 15 is 0 Å². The number of H-pyrrole nitrogens is 1. The van der Waals surface area contributed by atoms with Gasteiger partial charge >= 0.3 is 0 Å². The van der Waals surface area contributed by atoms with E-state index in [1.54, 1.807) is 49.3 Å². The number of aromatic nitrogens is 2. The van der Waals surface area contributed by atoms with Crippen molar-refractivity contribution in [3.05, 3.63) is 83.3 Å². The summed E-state index contributed by atoms with van der Waals surface area (Å²) in [5.74, 6) is -0.470. The highest BCUT2D eigenvalue weighted by atomic mass is 19.1. The van der Waals surface area contributed by atoms with Crippen LogP contribution in [0.15, 0.2) is 60.8 Å². The lowest BCUT2D eigenvalue weighted by Crippen LogP contribution is -2.26.